The van der Waals surface area contributed by atoms with Crippen molar-refractivity contribution >= 4 is 15.7 Å². The van der Waals surface area contributed by atoms with Gasteiger partial charge in [0.1, 0.15) is 10.7 Å². The van der Waals surface area contributed by atoms with Crippen LogP contribution in [-0.2, 0) is 16.4 Å². The molecule has 2 aromatic rings. The number of rotatable bonds is 11. The molecular weight excluding hydrogens is 405 g/mol. The zero-order valence-corrected chi connectivity index (χ0v) is 18.6. The lowest BCUT2D eigenvalue weighted by molar-refractivity contribution is 0.170. The van der Waals surface area contributed by atoms with E-state index in [0.29, 0.717) is 24.3 Å². The Balaban J connectivity index is 2.02. The highest BCUT2D eigenvalue weighted by Crippen LogP contribution is 2.28. The Morgan fingerprint density at radius 1 is 1.13 bits per heavy atom. The number of primary sulfonamides is 1. The molecule has 30 heavy (non-hydrogen) atoms. The van der Waals surface area contributed by atoms with Crippen molar-refractivity contribution in [1.82, 2.24) is 5.32 Å². The number of aliphatic hydroxyl groups is 1. The molecule has 0 aromatic heterocycles. The number of aryl methyl sites for hydroxylation is 1. The van der Waals surface area contributed by atoms with Crippen LogP contribution in [0.2, 0.25) is 0 Å². The van der Waals surface area contributed by atoms with Gasteiger partial charge in [-0.15, -0.1) is 0 Å². The molecule has 0 saturated heterocycles. The van der Waals surface area contributed by atoms with Crippen molar-refractivity contribution in [2.24, 2.45) is 5.14 Å². The van der Waals surface area contributed by atoms with Gasteiger partial charge in [-0.3, -0.25) is 0 Å². The van der Waals surface area contributed by atoms with Gasteiger partial charge in [0, 0.05) is 25.7 Å². The van der Waals surface area contributed by atoms with Gasteiger partial charge in [-0.05, 0) is 69.0 Å². The second-order valence-electron chi connectivity index (χ2n) is 7.43. The molecule has 0 aliphatic heterocycles. The first-order valence-corrected chi connectivity index (χ1v) is 11.8. The monoisotopic (exact) mass is 437 g/mol. The molecule has 0 aliphatic rings. The van der Waals surface area contributed by atoms with Gasteiger partial charge in [0.15, 0.2) is 0 Å². The number of benzene rings is 2. The Kier molecular flexibility index (Phi) is 8.78. The molecule has 166 valence electrons. The Morgan fingerprint density at radius 2 is 1.77 bits per heavy atom. The second-order valence-corrected chi connectivity index (χ2v) is 8.96. The molecule has 0 spiro atoms. The number of nitrogens with zero attached hydrogens (tertiary/aromatic N) is 1. The van der Waals surface area contributed by atoms with Gasteiger partial charge >= 0.3 is 0 Å². The minimum Gasteiger partial charge on any atom is -0.387 e. The van der Waals surface area contributed by atoms with Crippen LogP contribution in [0.3, 0.4) is 0 Å². The molecule has 0 heterocycles. The van der Waals surface area contributed by atoms with E-state index < -0.39 is 16.1 Å². The quantitative estimate of drug-likeness (QED) is 0.502. The van der Waals surface area contributed by atoms with E-state index in [1.165, 1.54) is 18.2 Å². The lowest BCUT2D eigenvalue weighted by atomic mass is 10.0. The zero-order valence-electron chi connectivity index (χ0n) is 17.8. The van der Waals surface area contributed by atoms with Crippen LogP contribution in [-0.4, -0.2) is 39.2 Å². The minimum atomic E-state index is -3.93. The van der Waals surface area contributed by atoms with E-state index in [1.54, 1.807) is 24.3 Å². The minimum absolute atomic E-state index is 0.0205. The van der Waals surface area contributed by atoms with Crippen molar-refractivity contribution in [1.29, 1.82) is 0 Å². The molecule has 0 fully saturated rings. The van der Waals surface area contributed by atoms with Gasteiger partial charge in [-0.2, -0.15) is 0 Å². The number of sulfonamides is 1. The highest BCUT2D eigenvalue weighted by atomic mass is 32.2. The Morgan fingerprint density at radius 3 is 2.33 bits per heavy atom. The summed E-state index contributed by atoms with van der Waals surface area (Å²) >= 11 is 0. The van der Waals surface area contributed by atoms with E-state index in [9.17, 15) is 17.9 Å². The lowest BCUT2D eigenvalue weighted by Gasteiger charge is -2.25. The maximum absolute atomic E-state index is 13.0. The summed E-state index contributed by atoms with van der Waals surface area (Å²) in [7, 11) is -3.93. The van der Waals surface area contributed by atoms with E-state index in [2.05, 4.69) is 5.32 Å². The van der Waals surface area contributed by atoms with Crippen LogP contribution in [0.1, 0.15) is 44.4 Å². The smallest absolute Gasteiger partial charge is 0.240 e. The maximum atomic E-state index is 13.0. The van der Waals surface area contributed by atoms with Crippen molar-refractivity contribution in [3.8, 4) is 0 Å². The van der Waals surface area contributed by atoms with Crippen LogP contribution < -0.4 is 15.4 Å². The predicted molar refractivity (Wildman–Crippen MR) is 119 cm³/mol. The highest BCUT2D eigenvalue weighted by Gasteiger charge is 2.20. The molecule has 2 unspecified atom stereocenters. The first-order valence-electron chi connectivity index (χ1n) is 10.2. The Bertz CT molecular complexity index is 916. The number of halogens is 1. The Hall–Kier alpha value is -2.00. The third-order valence-electron chi connectivity index (χ3n) is 5.22. The highest BCUT2D eigenvalue weighted by molar-refractivity contribution is 7.89. The third kappa shape index (κ3) is 6.77. The summed E-state index contributed by atoms with van der Waals surface area (Å²) in [6, 6.07) is 11.4. The number of anilines is 1. The number of aliphatic hydroxyl groups excluding tert-OH is 1. The summed E-state index contributed by atoms with van der Waals surface area (Å²) in [5.74, 6) is -0.251. The van der Waals surface area contributed by atoms with Gasteiger partial charge in [-0.25, -0.2) is 17.9 Å². The molecule has 4 N–H and O–H groups in total. The fraction of sp³-hybridized carbons (Fsp3) is 0.455. The molecule has 0 aliphatic carbocycles. The van der Waals surface area contributed by atoms with Crippen molar-refractivity contribution in [3.63, 3.8) is 0 Å². The summed E-state index contributed by atoms with van der Waals surface area (Å²) in [4.78, 5) is 1.93. The second kappa shape index (κ2) is 10.9. The molecule has 8 heteroatoms. The first-order chi connectivity index (χ1) is 14.2. The van der Waals surface area contributed by atoms with Gasteiger partial charge in [-0.1, -0.05) is 18.2 Å². The van der Waals surface area contributed by atoms with E-state index in [4.69, 9.17) is 5.14 Å². The summed E-state index contributed by atoms with van der Waals surface area (Å²) in [5.41, 5.74) is 2.09. The molecule has 2 rings (SSSR count). The summed E-state index contributed by atoms with van der Waals surface area (Å²) in [6.07, 6.45) is 0.741. The number of hydrogen-bond donors (Lipinski definition) is 3. The zero-order chi connectivity index (χ0) is 22.3. The van der Waals surface area contributed by atoms with Gasteiger partial charge in [0.05, 0.1) is 11.8 Å². The van der Waals surface area contributed by atoms with Crippen molar-refractivity contribution in [2.45, 2.75) is 50.7 Å². The SMILES string of the molecule is CCN(CC)c1ccc(C(O)CNC(C)CCc2ccc(F)cc2)cc1S(N)(=O)=O. The molecule has 0 radical (unpaired) electrons. The van der Waals surface area contributed by atoms with Crippen LogP contribution in [0.4, 0.5) is 10.1 Å². The number of hydrogen-bond acceptors (Lipinski definition) is 5. The predicted octanol–water partition coefficient (Wildman–Crippen LogP) is 2.96. The van der Waals surface area contributed by atoms with Gasteiger partial charge in [0.2, 0.25) is 10.0 Å². The van der Waals surface area contributed by atoms with Crippen LogP contribution in [0.15, 0.2) is 47.4 Å². The molecule has 2 aromatic carbocycles. The average Bonchev–Trinajstić information content (AvgIpc) is 2.72. The summed E-state index contributed by atoms with van der Waals surface area (Å²) in [5, 5.41) is 19.3. The van der Waals surface area contributed by atoms with Crippen LogP contribution in [0, 0.1) is 5.82 Å². The van der Waals surface area contributed by atoms with E-state index >= 15 is 0 Å². The topological polar surface area (TPSA) is 95.7 Å². The fourth-order valence-electron chi connectivity index (χ4n) is 3.36. The van der Waals surface area contributed by atoms with Crippen LogP contribution in [0.25, 0.3) is 0 Å². The number of nitrogens with one attached hydrogen (secondary N) is 1. The van der Waals surface area contributed by atoms with E-state index in [1.807, 2.05) is 25.7 Å². The van der Waals surface area contributed by atoms with Gasteiger partial charge in [0.25, 0.3) is 0 Å². The normalized spacial score (nSPS) is 13.8. The molecule has 0 amide bonds. The first kappa shape index (κ1) is 24.3. The molecule has 0 bridgehead atoms. The van der Waals surface area contributed by atoms with E-state index in [-0.39, 0.29) is 23.3 Å². The molecule has 2 atom stereocenters. The standard InChI is InChI=1S/C22H32FN3O3S/c1-4-26(5-2)20-13-10-18(14-22(20)30(24,28)29)21(27)15-25-16(3)6-7-17-8-11-19(23)12-9-17/h8-14,16,21,25,27H,4-7,15H2,1-3H3,(H2,24,28,29). The molecule has 6 nitrogen and oxygen atoms in total. The number of nitrogens with two attached hydrogens (primary N) is 1. The van der Waals surface area contributed by atoms with Gasteiger partial charge < -0.3 is 15.3 Å². The van der Waals surface area contributed by atoms with Crippen LogP contribution in [0.5, 0.6) is 0 Å². The fourth-order valence-corrected chi connectivity index (χ4v) is 4.15. The lowest BCUT2D eigenvalue weighted by Crippen LogP contribution is -2.31. The average molecular weight is 438 g/mol. The summed E-state index contributed by atoms with van der Waals surface area (Å²) < 4.78 is 37.2. The van der Waals surface area contributed by atoms with Crippen LogP contribution >= 0.6 is 0 Å². The molecule has 0 saturated carbocycles. The van der Waals surface area contributed by atoms with Crippen molar-refractivity contribution < 1.29 is 17.9 Å². The molecular formula is C22H32FN3O3S. The van der Waals surface area contributed by atoms with Crippen molar-refractivity contribution in [3.05, 3.63) is 59.4 Å². The summed E-state index contributed by atoms with van der Waals surface area (Å²) in [6.45, 7) is 7.46. The third-order valence-corrected chi connectivity index (χ3v) is 6.16. The van der Waals surface area contributed by atoms with E-state index in [0.717, 1.165) is 18.4 Å². The van der Waals surface area contributed by atoms with Crippen molar-refractivity contribution in [2.75, 3.05) is 24.5 Å². The Labute approximate surface area is 179 Å². The largest absolute Gasteiger partial charge is 0.387 e. The maximum Gasteiger partial charge on any atom is 0.240 e.